The third-order valence-corrected chi connectivity index (χ3v) is 4.51. The maximum atomic E-state index is 5.27. The first-order chi connectivity index (χ1) is 10.7. The Morgan fingerprint density at radius 1 is 1.45 bits per heavy atom. The zero-order chi connectivity index (χ0) is 15.5. The molecule has 0 saturated carbocycles. The number of hydrogen-bond donors (Lipinski definition) is 0. The lowest BCUT2D eigenvalue weighted by atomic mass is 9.95. The van der Waals surface area contributed by atoms with Crippen LogP contribution in [0.5, 0.6) is 0 Å². The molecule has 0 aliphatic carbocycles. The SMILES string of the molecule is CCCC(C)C1CCCN1c1cc(-c2nc(C)no2)ccn1. The highest BCUT2D eigenvalue weighted by Crippen LogP contribution is 2.32. The lowest BCUT2D eigenvalue weighted by Gasteiger charge is -2.30. The molecule has 3 rings (SSSR count). The van der Waals surface area contributed by atoms with Gasteiger partial charge in [-0.15, -0.1) is 0 Å². The molecule has 0 radical (unpaired) electrons. The summed E-state index contributed by atoms with van der Waals surface area (Å²) >= 11 is 0. The first-order valence-corrected chi connectivity index (χ1v) is 8.22. The molecule has 2 aromatic rings. The lowest BCUT2D eigenvalue weighted by Crippen LogP contribution is -2.35. The van der Waals surface area contributed by atoms with Crippen LogP contribution >= 0.6 is 0 Å². The summed E-state index contributed by atoms with van der Waals surface area (Å²) in [7, 11) is 0. The Morgan fingerprint density at radius 3 is 3.05 bits per heavy atom. The van der Waals surface area contributed by atoms with Gasteiger partial charge in [-0.1, -0.05) is 25.4 Å². The number of aryl methyl sites for hydroxylation is 1. The summed E-state index contributed by atoms with van der Waals surface area (Å²) in [5.74, 6) is 2.95. The van der Waals surface area contributed by atoms with E-state index in [1.807, 2.05) is 19.2 Å². The van der Waals surface area contributed by atoms with Crippen molar-refractivity contribution < 1.29 is 4.52 Å². The van der Waals surface area contributed by atoms with Crippen molar-refractivity contribution in [2.24, 2.45) is 5.92 Å². The second-order valence-electron chi connectivity index (χ2n) is 6.22. The van der Waals surface area contributed by atoms with Crippen LogP contribution in [-0.4, -0.2) is 27.7 Å². The normalized spacial score (nSPS) is 19.6. The van der Waals surface area contributed by atoms with Crippen LogP contribution in [0.1, 0.15) is 45.4 Å². The highest BCUT2D eigenvalue weighted by atomic mass is 16.5. The summed E-state index contributed by atoms with van der Waals surface area (Å²) in [6.45, 7) is 7.53. The fraction of sp³-hybridized carbons (Fsp3) is 0.588. The number of aromatic nitrogens is 3. The van der Waals surface area contributed by atoms with Gasteiger partial charge in [-0.2, -0.15) is 4.98 Å². The molecule has 2 atom stereocenters. The van der Waals surface area contributed by atoms with Gasteiger partial charge in [0, 0.05) is 24.3 Å². The van der Waals surface area contributed by atoms with Gasteiger partial charge < -0.3 is 9.42 Å². The van der Waals surface area contributed by atoms with Gasteiger partial charge in [-0.25, -0.2) is 4.98 Å². The van der Waals surface area contributed by atoms with Crippen molar-refractivity contribution in [3.8, 4) is 11.5 Å². The Labute approximate surface area is 131 Å². The van der Waals surface area contributed by atoms with E-state index < -0.39 is 0 Å². The van der Waals surface area contributed by atoms with Crippen molar-refractivity contribution in [2.45, 2.75) is 52.5 Å². The summed E-state index contributed by atoms with van der Waals surface area (Å²) < 4.78 is 5.27. The summed E-state index contributed by atoms with van der Waals surface area (Å²) in [6.07, 6.45) is 6.84. The van der Waals surface area contributed by atoms with Gasteiger partial charge in [0.2, 0.25) is 0 Å². The van der Waals surface area contributed by atoms with E-state index in [2.05, 4.69) is 39.9 Å². The zero-order valence-electron chi connectivity index (χ0n) is 13.6. The van der Waals surface area contributed by atoms with Gasteiger partial charge in [0.25, 0.3) is 5.89 Å². The third kappa shape index (κ3) is 2.98. The maximum Gasteiger partial charge on any atom is 0.258 e. The molecule has 0 spiro atoms. The molecule has 3 heterocycles. The monoisotopic (exact) mass is 300 g/mol. The first-order valence-electron chi connectivity index (χ1n) is 8.22. The highest BCUT2D eigenvalue weighted by Gasteiger charge is 2.29. The van der Waals surface area contributed by atoms with Crippen molar-refractivity contribution in [2.75, 3.05) is 11.4 Å². The minimum atomic E-state index is 0.568. The van der Waals surface area contributed by atoms with Gasteiger partial charge in [0.05, 0.1) is 0 Å². The molecule has 5 nitrogen and oxygen atoms in total. The second-order valence-corrected chi connectivity index (χ2v) is 6.22. The molecule has 2 aromatic heterocycles. The molecule has 0 bridgehead atoms. The zero-order valence-corrected chi connectivity index (χ0v) is 13.6. The first kappa shape index (κ1) is 15.0. The van der Waals surface area contributed by atoms with Crippen LogP contribution in [0.2, 0.25) is 0 Å². The van der Waals surface area contributed by atoms with Gasteiger partial charge >= 0.3 is 0 Å². The molecule has 5 heteroatoms. The molecule has 118 valence electrons. The largest absolute Gasteiger partial charge is 0.353 e. The van der Waals surface area contributed by atoms with Crippen LogP contribution in [0.15, 0.2) is 22.9 Å². The summed E-state index contributed by atoms with van der Waals surface area (Å²) in [5, 5.41) is 3.87. The minimum Gasteiger partial charge on any atom is -0.353 e. The number of hydrogen-bond acceptors (Lipinski definition) is 5. The van der Waals surface area contributed by atoms with Gasteiger partial charge in [0.1, 0.15) is 5.82 Å². The van der Waals surface area contributed by atoms with Crippen LogP contribution in [-0.2, 0) is 0 Å². The van der Waals surface area contributed by atoms with Crippen LogP contribution in [0.3, 0.4) is 0 Å². The Hall–Kier alpha value is -1.91. The van der Waals surface area contributed by atoms with Crippen molar-refractivity contribution in [3.63, 3.8) is 0 Å². The number of rotatable bonds is 5. The Bertz CT molecular complexity index is 625. The topological polar surface area (TPSA) is 55.1 Å². The minimum absolute atomic E-state index is 0.568. The molecule has 2 unspecified atom stereocenters. The van der Waals surface area contributed by atoms with Crippen LogP contribution in [0.4, 0.5) is 5.82 Å². The second kappa shape index (κ2) is 6.46. The molecule has 1 aliphatic heterocycles. The number of nitrogens with zero attached hydrogens (tertiary/aromatic N) is 4. The maximum absolute atomic E-state index is 5.27. The Balaban J connectivity index is 1.85. The summed E-state index contributed by atoms with van der Waals surface area (Å²) in [4.78, 5) is 11.3. The predicted molar refractivity (Wildman–Crippen MR) is 86.7 cm³/mol. The third-order valence-electron chi connectivity index (χ3n) is 4.51. The molecule has 1 fully saturated rings. The Kier molecular flexibility index (Phi) is 4.41. The Morgan fingerprint density at radius 2 is 2.32 bits per heavy atom. The van der Waals surface area contributed by atoms with E-state index in [9.17, 15) is 0 Å². The van der Waals surface area contributed by atoms with Gasteiger partial charge in [0.15, 0.2) is 5.82 Å². The number of anilines is 1. The van der Waals surface area contributed by atoms with Crippen molar-refractivity contribution in [1.29, 1.82) is 0 Å². The molecular formula is C17H24N4O. The predicted octanol–water partition coefficient (Wildman–Crippen LogP) is 3.85. The quantitative estimate of drug-likeness (QED) is 0.839. The standard InChI is InChI=1S/C17H24N4O/c1-4-6-12(2)15-7-5-10-21(15)16-11-14(8-9-18-16)17-19-13(3)20-22-17/h8-9,11-12,15H,4-7,10H2,1-3H3. The average Bonchev–Trinajstić information content (AvgIpc) is 3.16. The molecule has 1 saturated heterocycles. The summed E-state index contributed by atoms with van der Waals surface area (Å²) in [5.41, 5.74) is 0.944. The molecule has 22 heavy (non-hydrogen) atoms. The van der Waals surface area contributed by atoms with Crippen molar-refractivity contribution in [1.82, 2.24) is 15.1 Å². The fourth-order valence-corrected chi connectivity index (χ4v) is 3.44. The molecular weight excluding hydrogens is 276 g/mol. The smallest absolute Gasteiger partial charge is 0.258 e. The molecule has 0 aromatic carbocycles. The van der Waals surface area contributed by atoms with Crippen LogP contribution < -0.4 is 4.90 Å². The lowest BCUT2D eigenvalue weighted by molar-refractivity contribution is 0.419. The van der Waals surface area contributed by atoms with Crippen LogP contribution in [0.25, 0.3) is 11.5 Å². The fourth-order valence-electron chi connectivity index (χ4n) is 3.44. The van der Waals surface area contributed by atoms with E-state index in [1.54, 1.807) is 0 Å². The van der Waals surface area contributed by atoms with E-state index in [4.69, 9.17) is 4.52 Å². The van der Waals surface area contributed by atoms with E-state index >= 15 is 0 Å². The van der Waals surface area contributed by atoms with Crippen LogP contribution in [0, 0.1) is 12.8 Å². The molecule has 0 amide bonds. The van der Waals surface area contributed by atoms with E-state index in [0.29, 0.717) is 23.7 Å². The number of pyridine rings is 1. The van der Waals surface area contributed by atoms with E-state index in [0.717, 1.165) is 17.9 Å². The molecule has 0 N–H and O–H groups in total. The van der Waals surface area contributed by atoms with E-state index in [1.165, 1.54) is 25.7 Å². The van der Waals surface area contributed by atoms with E-state index in [-0.39, 0.29) is 0 Å². The summed E-state index contributed by atoms with van der Waals surface area (Å²) in [6, 6.07) is 4.59. The highest BCUT2D eigenvalue weighted by molar-refractivity contribution is 5.59. The van der Waals surface area contributed by atoms with Gasteiger partial charge in [-0.05, 0) is 44.2 Å². The van der Waals surface area contributed by atoms with Crippen molar-refractivity contribution in [3.05, 3.63) is 24.2 Å². The van der Waals surface area contributed by atoms with Crippen molar-refractivity contribution >= 4 is 5.82 Å². The van der Waals surface area contributed by atoms with Gasteiger partial charge in [-0.3, -0.25) is 0 Å². The average molecular weight is 300 g/mol. The molecule has 1 aliphatic rings.